The molecule has 0 aliphatic carbocycles. The summed E-state index contributed by atoms with van der Waals surface area (Å²) in [5.74, 6) is 1.32. The average Bonchev–Trinajstić information content (AvgIpc) is 2.89. The van der Waals surface area contributed by atoms with Crippen molar-refractivity contribution in [3.63, 3.8) is 0 Å². The Kier molecular flexibility index (Phi) is 9.77. The van der Waals surface area contributed by atoms with Crippen LogP contribution in [-0.4, -0.2) is 41.4 Å². The largest absolute Gasteiger partial charge is 0.490 e. The Morgan fingerprint density at radius 1 is 0.973 bits per heavy atom. The van der Waals surface area contributed by atoms with Crippen LogP contribution in [0.25, 0.3) is 0 Å². The third kappa shape index (κ3) is 8.22. The molecule has 0 unspecified atom stereocenters. The van der Waals surface area contributed by atoms with Gasteiger partial charge in [0.2, 0.25) is 11.8 Å². The number of para-hydroxylation sites is 2. The minimum atomic E-state index is -0.300. The molecule has 2 amide bonds. The van der Waals surface area contributed by atoms with Crippen LogP contribution in [0, 0.1) is 0 Å². The number of nitrogens with one attached hydrogen (secondary N) is 1. The summed E-state index contributed by atoms with van der Waals surface area (Å²) in [7, 11) is 0. The van der Waals surface area contributed by atoms with Gasteiger partial charge in [-0.3, -0.25) is 14.6 Å². The third-order valence-corrected chi connectivity index (χ3v) is 6.39. The van der Waals surface area contributed by atoms with Gasteiger partial charge in [0.1, 0.15) is 0 Å². The average molecular weight is 522 g/mol. The lowest BCUT2D eigenvalue weighted by atomic mass is 10.1. The highest BCUT2D eigenvalue weighted by Crippen LogP contribution is 2.36. The first-order valence-electron chi connectivity index (χ1n) is 12.7. The molecule has 2 heterocycles. The van der Waals surface area contributed by atoms with Crippen molar-refractivity contribution in [3.8, 4) is 17.2 Å². The standard InChI is InChI=1S/C29H32ClN3O4/c30-23-12-13-25-24(20-23)32-28(34)21-33(29(35)11-7-8-22-14-16-31-17-15-22)18-5-1-2-6-19-36-26-9-3-4-10-27(26)37-25/h3-4,9-10,12-17,20H,1-2,5-8,11,18-19,21H2,(H,32,34). The van der Waals surface area contributed by atoms with Gasteiger partial charge in [0, 0.05) is 30.4 Å². The molecule has 3 aromatic rings. The predicted octanol–water partition coefficient (Wildman–Crippen LogP) is 6.27. The minimum absolute atomic E-state index is 0.0230. The summed E-state index contributed by atoms with van der Waals surface area (Å²) in [6.45, 7) is 1.08. The van der Waals surface area contributed by atoms with Crippen LogP contribution in [0.5, 0.6) is 17.2 Å². The van der Waals surface area contributed by atoms with Crippen LogP contribution < -0.4 is 14.8 Å². The van der Waals surface area contributed by atoms with Crippen molar-refractivity contribution in [1.29, 1.82) is 0 Å². The Bertz CT molecular complexity index is 1190. The molecular weight excluding hydrogens is 490 g/mol. The summed E-state index contributed by atoms with van der Waals surface area (Å²) in [5, 5.41) is 3.35. The van der Waals surface area contributed by atoms with Crippen LogP contribution >= 0.6 is 11.6 Å². The van der Waals surface area contributed by atoms with Crippen molar-refractivity contribution < 1.29 is 19.1 Å². The lowest BCUT2D eigenvalue weighted by Crippen LogP contribution is -2.38. The molecule has 0 atom stereocenters. The van der Waals surface area contributed by atoms with Crippen LogP contribution in [0.4, 0.5) is 5.69 Å². The van der Waals surface area contributed by atoms with E-state index in [2.05, 4.69) is 10.3 Å². The SMILES string of the molecule is O=C1CN(C(=O)CCCc2ccncc2)CCCCCCOc2ccccc2Oc2ccc(Cl)cc2N1. The highest BCUT2D eigenvalue weighted by atomic mass is 35.5. The van der Waals surface area contributed by atoms with Gasteiger partial charge in [-0.25, -0.2) is 0 Å². The summed E-state index contributed by atoms with van der Waals surface area (Å²) < 4.78 is 12.1. The van der Waals surface area contributed by atoms with E-state index in [1.807, 2.05) is 36.4 Å². The van der Waals surface area contributed by atoms with Crippen molar-refractivity contribution in [2.45, 2.75) is 44.9 Å². The molecule has 0 spiro atoms. The van der Waals surface area contributed by atoms with Crippen LogP contribution in [-0.2, 0) is 16.0 Å². The van der Waals surface area contributed by atoms with Gasteiger partial charge in [-0.05, 0) is 73.7 Å². The molecular formula is C29H32ClN3O4. The first-order valence-corrected chi connectivity index (χ1v) is 13.1. The van der Waals surface area contributed by atoms with Crippen LogP contribution in [0.15, 0.2) is 67.0 Å². The number of pyridine rings is 1. The van der Waals surface area contributed by atoms with Gasteiger partial charge in [0.15, 0.2) is 17.2 Å². The number of fused-ring (bicyclic) bond motifs is 2. The van der Waals surface area contributed by atoms with E-state index >= 15 is 0 Å². The van der Waals surface area contributed by atoms with Gasteiger partial charge in [-0.1, -0.05) is 36.6 Å². The van der Waals surface area contributed by atoms with Crippen molar-refractivity contribution in [1.82, 2.24) is 9.88 Å². The molecule has 0 bridgehead atoms. The normalized spacial score (nSPS) is 14.9. The molecule has 0 saturated heterocycles. The van der Waals surface area contributed by atoms with E-state index in [4.69, 9.17) is 21.1 Å². The third-order valence-electron chi connectivity index (χ3n) is 6.16. The number of anilines is 1. The van der Waals surface area contributed by atoms with Gasteiger partial charge >= 0.3 is 0 Å². The number of hydrogen-bond donors (Lipinski definition) is 1. The lowest BCUT2D eigenvalue weighted by Gasteiger charge is -2.23. The molecule has 194 valence electrons. The van der Waals surface area contributed by atoms with Crippen LogP contribution in [0.3, 0.4) is 0 Å². The van der Waals surface area contributed by atoms with Crippen molar-refractivity contribution in [2.75, 3.05) is 25.0 Å². The van der Waals surface area contributed by atoms with E-state index in [9.17, 15) is 9.59 Å². The second kappa shape index (κ2) is 13.7. The predicted molar refractivity (Wildman–Crippen MR) is 144 cm³/mol. The Hall–Kier alpha value is -3.58. The van der Waals surface area contributed by atoms with Crippen molar-refractivity contribution >= 4 is 29.1 Å². The number of carbonyl (C=O) groups excluding carboxylic acids is 2. The fraction of sp³-hybridized carbons (Fsp3) is 0.345. The zero-order chi connectivity index (χ0) is 25.9. The maximum Gasteiger partial charge on any atom is 0.244 e. The van der Waals surface area contributed by atoms with Gasteiger partial charge in [-0.15, -0.1) is 0 Å². The molecule has 0 saturated carbocycles. The van der Waals surface area contributed by atoms with Crippen molar-refractivity contribution in [2.24, 2.45) is 0 Å². The number of carbonyl (C=O) groups is 2. The number of aryl methyl sites for hydroxylation is 1. The zero-order valence-corrected chi connectivity index (χ0v) is 21.6. The number of ether oxygens (including phenoxy) is 2. The number of amides is 2. The van der Waals surface area contributed by atoms with Crippen LogP contribution in [0.2, 0.25) is 5.02 Å². The molecule has 4 rings (SSSR count). The monoisotopic (exact) mass is 521 g/mol. The minimum Gasteiger partial charge on any atom is -0.490 e. The van der Waals surface area contributed by atoms with E-state index in [0.29, 0.717) is 54.0 Å². The Balaban J connectivity index is 1.48. The van der Waals surface area contributed by atoms with Gasteiger partial charge in [-0.2, -0.15) is 0 Å². The molecule has 1 aliphatic heterocycles. The second-order valence-electron chi connectivity index (χ2n) is 9.02. The fourth-order valence-electron chi connectivity index (χ4n) is 4.21. The van der Waals surface area contributed by atoms with E-state index in [-0.39, 0.29) is 18.4 Å². The number of hydrogen-bond acceptors (Lipinski definition) is 5. The first kappa shape index (κ1) is 26.5. The van der Waals surface area contributed by atoms with E-state index in [0.717, 1.165) is 37.7 Å². The maximum atomic E-state index is 13.1. The Morgan fingerprint density at radius 2 is 1.76 bits per heavy atom. The number of rotatable bonds is 4. The molecule has 8 heteroatoms. The molecule has 1 aliphatic rings. The van der Waals surface area contributed by atoms with Crippen molar-refractivity contribution in [3.05, 3.63) is 77.6 Å². The Morgan fingerprint density at radius 3 is 2.59 bits per heavy atom. The first-order chi connectivity index (χ1) is 18.1. The highest BCUT2D eigenvalue weighted by Gasteiger charge is 2.19. The molecule has 0 fully saturated rings. The molecule has 2 aromatic carbocycles. The molecule has 0 radical (unpaired) electrons. The molecule has 1 aromatic heterocycles. The summed E-state index contributed by atoms with van der Waals surface area (Å²) >= 11 is 6.22. The molecule has 1 N–H and O–H groups in total. The number of nitrogens with zero attached hydrogens (tertiary/aromatic N) is 2. The molecule has 7 nitrogen and oxygen atoms in total. The van der Waals surface area contributed by atoms with Gasteiger partial charge in [0.05, 0.1) is 18.8 Å². The lowest BCUT2D eigenvalue weighted by molar-refractivity contribution is -0.134. The number of halogens is 1. The van der Waals surface area contributed by atoms with Gasteiger partial charge in [0.25, 0.3) is 0 Å². The molecule has 37 heavy (non-hydrogen) atoms. The summed E-state index contributed by atoms with van der Waals surface area (Å²) in [6.07, 6.45) is 9.03. The van der Waals surface area contributed by atoms with E-state index in [1.165, 1.54) is 0 Å². The number of aromatic nitrogens is 1. The second-order valence-corrected chi connectivity index (χ2v) is 9.46. The zero-order valence-electron chi connectivity index (χ0n) is 20.8. The summed E-state index contributed by atoms with van der Waals surface area (Å²) in [4.78, 5) is 31.8. The quantitative estimate of drug-likeness (QED) is 0.437. The topological polar surface area (TPSA) is 80.8 Å². The van der Waals surface area contributed by atoms with Gasteiger partial charge < -0.3 is 19.7 Å². The highest BCUT2D eigenvalue weighted by molar-refractivity contribution is 6.31. The fourth-order valence-corrected chi connectivity index (χ4v) is 4.38. The smallest absolute Gasteiger partial charge is 0.244 e. The Labute approximate surface area is 222 Å². The maximum absolute atomic E-state index is 13.1. The summed E-state index contributed by atoms with van der Waals surface area (Å²) in [6, 6.07) is 16.4. The van der Waals surface area contributed by atoms with E-state index < -0.39 is 0 Å². The number of benzene rings is 2. The van der Waals surface area contributed by atoms with E-state index in [1.54, 1.807) is 35.5 Å². The summed E-state index contributed by atoms with van der Waals surface area (Å²) in [5.41, 5.74) is 1.58. The van der Waals surface area contributed by atoms with Crippen LogP contribution in [0.1, 0.15) is 44.1 Å².